The van der Waals surface area contributed by atoms with Crippen LogP contribution in [-0.4, -0.2) is 23.0 Å². The van der Waals surface area contributed by atoms with E-state index >= 15 is 0 Å². The van der Waals surface area contributed by atoms with Crippen molar-refractivity contribution in [3.63, 3.8) is 0 Å². The Balaban J connectivity index is 2.46. The maximum absolute atomic E-state index is 11.0. The molecule has 1 aromatic rings. The summed E-state index contributed by atoms with van der Waals surface area (Å²) < 4.78 is 0. The number of nitro groups is 1. The third kappa shape index (κ3) is 2.61. The van der Waals surface area contributed by atoms with Gasteiger partial charge in [0.1, 0.15) is 10.8 Å². The number of nitrogens with zero attached hydrogens (tertiary/aromatic N) is 3. The molecule has 0 saturated carbocycles. The summed E-state index contributed by atoms with van der Waals surface area (Å²) in [5.41, 5.74) is 0.317. The molecule has 0 bridgehead atoms. The van der Waals surface area contributed by atoms with Crippen molar-refractivity contribution in [1.82, 2.24) is 4.98 Å². The molecule has 1 saturated heterocycles. The lowest BCUT2D eigenvalue weighted by molar-refractivity contribution is -0.384. The fraction of sp³-hybridized carbons (Fsp3) is 0.500. The van der Waals surface area contributed by atoms with Gasteiger partial charge in [-0.25, -0.2) is 4.98 Å². The summed E-state index contributed by atoms with van der Waals surface area (Å²) in [5, 5.41) is 11.0. The number of rotatable bonds is 2. The number of hydrogen-bond donors (Lipinski definition) is 0. The predicted molar refractivity (Wildman–Crippen MR) is 67.0 cm³/mol. The molecule has 1 aromatic heterocycles. The summed E-state index contributed by atoms with van der Waals surface area (Å²) in [6.07, 6.45) is 3.19. The molecule has 92 valence electrons. The molecule has 2 heterocycles. The summed E-state index contributed by atoms with van der Waals surface area (Å²) in [6.45, 7) is 1.58. The molecule has 7 heteroatoms. The molecule has 0 spiro atoms. The number of pyridine rings is 1. The summed E-state index contributed by atoms with van der Waals surface area (Å²) >= 11 is 11.6. The predicted octanol–water partition coefficient (Wildman–Crippen LogP) is 3.29. The first-order valence-corrected chi connectivity index (χ1v) is 6.10. The highest BCUT2D eigenvalue weighted by Gasteiger charge is 2.26. The van der Waals surface area contributed by atoms with Crippen LogP contribution in [0.4, 0.5) is 11.4 Å². The minimum Gasteiger partial charge on any atom is -0.366 e. The van der Waals surface area contributed by atoms with Crippen molar-refractivity contribution in [2.75, 3.05) is 18.0 Å². The van der Waals surface area contributed by atoms with Crippen LogP contribution in [0, 0.1) is 10.1 Å². The number of halogens is 2. The van der Waals surface area contributed by atoms with E-state index in [0.29, 0.717) is 5.69 Å². The van der Waals surface area contributed by atoms with Gasteiger partial charge in [-0.2, -0.15) is 0 Å². The molecule has 0 aliphatic carbocycles. The first kappa shape index (κ1) is 12.4. The van der Waals surface area contributed by atoms with Crippen LogP contribution in [0.3, 0.4) is 0 Å². The van der Waals surface area contributed by atoms with Crippen molar-refractivity contribution in [2.24, 2.45) is 0 Å². The van der Waals surface area contributed by atoms with Gasteiger partial charge in [0.15, 0.2) is 0 Å². The van der Waals surface area contributed by atoms with Gasteiger partial charge in [-0.05, 0) is 19.3 Å². The molecule has 2 rings (SSSR count). The van der Waals surface area contributed by atoms with E-state index in [1.54, 1.807) is 0 Å². The van der Waals surface area contributed by atoms with Crippen LogP contribution in [0.2, 0.25) is 10.3 Å². The van der Waals surface area contributed by atoms with E-state index in [1.807, 2.05) is 4.90 Å². The maximum Gasteiger partial charge on any atom is 0.329 e. The van der Waals surface area contributed by atoms with Crippen LogP contribution in [0.5, 0.6) is 0 Å². The standard InChI is InChI=1S/C10H11Cl2N3O2/c11-8-6-7(14-4-2-1-3-5-14)9(15(16)17)10(12)13-8/h6H,1-5H2. The highest BCUT2D eigenvalue weighted by Crippen LogP contribution is 2.36. The number of aromatic nitrogens is 1. The monoisotopic (exact) mass is 275 g/mol. The zero-order valence-corrected chi connectivity index (χ0v) is 10.5. The van der Waals surface area contributed by atoms with Gasteiger partial charge in [0.25, 0.3) is 0 Å². The van der Waals surface area contributed by atoms with Gasteiger partial charge in [0.2, 0.25) is 5.15 Å². The van der Waals surface area contributed by atoms with Crippen molar-refractivity contribution in [3.8, 4) is 0 Å². The maximum atomic E-state index is 11.0. The largest absolute Gasteiger partial charge is 0.366 e. The van der Waals surface area contributed by atoms with E-state index < -0.39 is 4.92 Å². The minimum atomic E-state index is -0.504. The SMILES string of the molecule is O=[N+]([O-])c1c(N2CCCCC2)cc(Cl)nc1Cl. The highest BCUT2D eigenvalue weighted by atomic mass is 35.5. The Morgan fingerprint density at radius 3 is 2.53 bits per heavy atom. The molecular weight excluding hydrogens is 265 g/mol. The Kier molecular flexibility index (Phi) is 3.69. The van der Waals surface area contributed by atoms with Crippen LogP contribution in [-0.2, 0) is 0 Å². The molecular formula is C10H11Cl2N3O2. The van der Waals surface area contributed by atoms with Gasteiger partial charge >= 0.3 is 5.69 Å². The molecule has 0 aromatic carbocycles. The summed E-state index contributed by atoms with van der Waals surface area (Å²) in [6, 6.07) is 1.51. The zero-order valence-electron chi connectivity index (χ0n) is 9.03. The Labute approximate surface area is 108 Å². The molecule has 17 heavy (non-hydrogen) atoms. The Morgan fingerprint density at radius 1 is 1.29 bits per heavy atom. The summed E-state index contributed by atoms with van der Waals surface area (Å²) in [7, 11) is 0. The zero-order chi connectivity index (χ0) is 12.4. The van der Waals surface area contributed by atoms with E-state index in [1.165, 1.54) is 6.07 Å². The number of hydrogen-bond acceptors (Lipinski definition) is 4. The first-order chi connectivity index (χ1) is 8.09. The molecule has 1 fully saturated rings. The van der Waals surface area contributed by atoms with E-state index in [0.717, 1.165) is 32.4 Å². The second-order valence-corrected chi connectivity index (χ2v) is 4.65. The van der Waals surface area contributed by atoms with Crippen LogP contribution >= 0.6 is 23.2 Å². The van der Waals surface area contributed by atoms with E-state index in [-0.39, 0.29) is 16.0 Å². The molecule has 0 unspecified atom stereocenters. The Bertz CT molecular complexity index is 447. The number of anilines is 1. The minimum absolute atomic E-state index is 0.150. The average Bonchev–Trinajstić information content (AvgIpc) is 2.28. The second-order valence-electron chi connectivity index (χ2n) is 3.91. The molecule has 5 nitrogen and oxygen atoms in total. The normalized spacial score (nSPS) is 16.0. The third-order valence-electron chi connectivity index (χ3n) is 2.78. The second kappa shape index (κ2) is 5.06. The highest BCUT2D eigenvalue weighted by molar-refractivity contribution is 6.34. The molecule has 0 radical (unpaired) electrons. The Hall–Kier alpha value is -1.07. The van der Waals surface area contributed by atoms with Gasteiger partial charge < -0.3 is 4.90 Å². The van der Waals surface area contributed by atoms with Crippen LogP contribution in [0.1, 0.15) is 19.3 Å². The van der Waals surface area contributed by atoms with Gasteiger partial charge in [-0.1, -0.05) is 23.2 Å². The van der Waals surface area contributed by atoms with Crippen molar-refractivity contribution < 1.29 is 4.92 Å². The van der Waals surface area contributed by atoms with E-state index in [9.17, 15) is 10.1 Å². The molecule has 0 amide bonds. The molecule has 0 atom stereocenters. The van der Waals surface area contributed by atoms with Crippen LogP contribution in [0.15, 0.2) is 6.07 Å². The van der Waals surface area contributed by atoms with E-state index in [2.05, 4.69) is 4.98 Å². The fourth-order valence-electron chi connectivity index (χ4n) is 2.01. The van der Waals surface area contributed by atoms with Crippen molar-refractivity contribution in [2.45, 2.75) is 19.3 Å². The summed E-state index contributed by atoms with van der Waals surface area (Å²) in [4.78, 5) is 16.2. The third-order valence-corrected chi connectivity index (χ3v) is 3.24. The van der Waals surface area contributed by atoms with Gasteiger partial charge in [-0.15, -0.1) is 0 Å². The molecule has 1 aliphatic rings. The van der Waals surface area contributed by atoms with Crippen molar-refractivity contribution in [3.05, 3.63) is 26.5 Å². The van der Waals surface area contributed by atoms with Crippen molar-refractivity contribution in [1.29, 1.82) is 0 Å². The summed E-state index contributed by atoms with van der Waals surface area (Å²) in [5.74, 6) is 0. The smallest absolute Gasteiger partial charge is 0.329 e. The van der Waals surface area contributed by atoms with Crippen LogP contribution in [0.25, 0.3) is 0 Å². The molecule has 1 aliphatic heterocycles. The van der Waals surface area contributed by atoms with Gasteiger partial charge in [0.05, 0.1) is 4.92 Å². The van der Waals surface area contributed by atoms with Gasteiger partial charge in [-0.3, -0.25) is 10.1 Å². The lowest BCUT2D eigenvalue weighted by Gasteiger charge is -2.28. The lowest BCUT2D eigenvalue weighted by Crippen LogP contribution is -2.30. The molecule has 0 N–H and O–H groups in total. The number of piperidine rings is 1. The topological polar surface area (TPSA) is 59.3 Å². The lowest BCUT2D eigenvalue weighted by atomic mass is 10.1. The van der Waals surface area contributed by atoms with Crippen molar-refractivity contribution >= 4 is 34.6 Å². The average molecular weight is 276 g/mol. The quantitative estimate of drug-likeness (QED) is 0.472. The van der Waals surface area contributed by atoms with Gasteiger partial charge in [0, 0.05) is 19.2 Å². The fourth-order valence-corrected chi connectivity index (χ4v) is 2.50. The Morgan fingerprint density at radius 2 is 1.94 bits per heavy atom. The first-order valence-electron chi connectivity index (χ1n) is 5.35. The van der Waals surface area contributed by atoms with E-state index in [4.69, 9.17) is 23.2 Å². The van der Waals surface area contributed by atoms with Crippen LogP contribution < -0.4 is 4.90 Å².